The number of hydrogen-bond donors (Lipinski definition) is 0. The van der Waals surface area contributed by atoms with Crippen molar-refractivity contribution in [3.8, 4) is 0 Å². The first kappa shape index (κ1) is 12.7. The van der Waals surface area contributed by atoms with Gasteiger partial charge in [0.1, 0.15) is 0 Å². The molecule has 0 amide bonds. The number of hydrogen-bond acceptors (Lipinski definition) is 6. The molecule has 0 aliphatic carbocycles. The van der Waals surface area contributed by atoms with Crippen LogP contribution in [-0.4, -0.2) is 37.5 Å². The van der Waals surface area contributed by atoms with Gasteiger partial charge in [0.25, 0.3) is 0 Å². The van der Waals surface area contributed by atoms with Crippen LogP contribution >= 0.6 is 0 Å². The van der Waals surface area contributed by atoms with E-state index in [1.165, 1.54) is 0 Å². The molecule has 0 saturated carbocycles. The van der Waals surface area contributed by atoms with Crippen molar-refractivity contribution < 1.29 is 44.7 Å². The molecular weight excluding hydrogens is 393 g/mol. The maximum Gasteiger partial charge on any atom is 2.00 e. The predicted molar refractivity (Wildman–Crippen MR) is 18.7 cm³/mol. The van der Waals surface area contributed by atoms with E-state index in [-0.39, 0.29) is 19.5 Å². The van der Waals surface area contributed by atoms with E-state index in [1.54, 1.807) is 0 Å². The summed E-state index contributed by atoms with van der Waals surface area (Å²) in [5.74, 6) is 0. The molecule has 1 aliphatic rings. The van der Waals surface area contributed by atoms with Gasteiger partial charge in [0.2, 0.25) is 0 Å². The second kappa shape index (κ2) is 7.20. The minimum Gasteiger partial charge on any atom is 2.00 e. The van der Waals surface area contributed by atoms with Crippen molar-refractivity contribution in [1.29, 1.82) is 0 Å². The number of rotatable bonds is 0. The van der Waals surface area contributed by atoms with Crippen LogP contribution in [0.3, 0.4) is 0 Å². The number of carbonyl (C=O) groups excluding carboxylic acids is 2. The summed E-state index contributed by atoms with van der Waals surface area (Å²) in [5, 5.41) is 16.7. The molecule has 0 atom stereocenters. The fourth-order valence-electron chi connectivity index (χ4n) is 0.0757. The fourth-order valence-corrected chi connectivity index (χ4v) is 0.664. The average Bonchev–Trinajstić information content (AvgIpc) is 1.59. The van der Waals surface area contributed by atoms with Crippen molar-refractivity contribution in [2.45, 2.75) is 0 Å². The zero-order valence-corrected chi connectivity index (χ0v) is 11.5. The molecule has 1 fully saturated rings. The summed E-state index contributed by atoms with van der Waals surface area (Å²) in [6, 6.07) is 0. The van der Waals surface area contributed by atoms with Gasteiger partial charge in [-0.05, 0) is 6.16 Å². The molecule has 10 heavy (non-hydrogen) atoms. The molecule has 2 radical (unpaired) electrons. The van der Waals surface area contributed by atoms with Crippen LogP contribution in [0.25, 0.3) is 0 Å². The quantitative estimate of drug-likeness (QED) is 0.414. The summed E-state index contributed by atoms with van der Waals surface area (Å²) in [6.07, 6.45) is -2.81. The molecule has 0 spiro atoms. The van der Waals surface area contributed by atoms with Gasteiger partial charge >= 0.3 is 60.9 Å². The van der Waals surface area contributed by atoms with Crippen LogP contribution in [0, 0.1) is 0 Å². The van der Waals surface area contributed by atoms with Gasteiger partial charge in [0.15, 0.2) is 0 Å². The van der Waals surface area contributed by atoms with E-state index < -0.39 is 37.5 Å². The van der Waals surface area contributed by atoms with Crippen molar-refractivity contribution in [3.63, 3.8) is 0 Å². The van der Waals surface area contributed by atoms with Gasteiger partial charge < -0.3 is 15.0 Å². The Morgan fingerprint density at radius 3 is 1.60 bits per heavy atom. The zero-order valence-electron chi connectivity index (χ0n) is 4.66. The molecule has 1 rings (SSSR count). The van der Waals surface area contributed by atoms with E-state index in [9.17, 15) is 4.79 Å². The smallest absolute Gasteiger partial charge is 2.00 e. The van der Waals surface area contributed by atoms with Crippen LogP contribution in [0.2, 0.25) is 0 Å². The fraction of sp³-hybridized carbons (Fsp3) is 0. The SMILES string of the molecule is O=C([O-])[O-].O=C1[O][Pb][O]1.[Zn+2]. The number of carbonyl (C=O) groups is 2. The largest absolute Gasteiger partial charge is 2.00 e. The Morgan fingerprint density at radius 2 is 1.60 bits per heavy atom. The first-order chi connectivity index (χ1) is 4.13. The first-order valence-electron chi connectivity index (χ1n) is 1.63. The van der Waals surface area contributed by atoms with Gasteiger partial charge in [0, 0.05) is 0 Å². The van der Waals surface area contributed by atoms with Crippen molar-refractivity contribution in [2.24, 2.45) is 0 Å². The van der Waals surface area contributed by atoms with E-state index in [2.05, 4.69) is 5.37 Å². The molecule has 50 valence electrons. The summed E-state index contributed by atoms with van der Waals surface area (Å²) < 4.78 is 8.53. The van der Waals surface area contributed by atoms with E-state index in [4.69, 9.17) is 15.0 Å². The topological polar surface area (TPSA) is 98.7 Å². The molecule has 0 unspecified atom stereocenters. The van der Waals surface area contributed by atoms with Crippen molar-refractivity contribution in [2.75, 3.05) is 0 Å². The van der Waals surface area contributed by atoms with Crippen molar-refractivity contribution >= 4 is 37.5 Å². The normalized spacial score (nSPS) is 11.8. The van der Waals surface area contributed by atoms with Crippen LogP contribution in [0.4, 0.5) is 9.59 Å². The van der Waals surface area contributed by atoms with E-state index in [0.717, 1.165) is 0 Å². The van der Waals surface area contributed by atoms with Gasteiger partial charge in [-0.1, -0.05) is 0 Å². The molecule has 0 aromatic heterocycles. The third-order valence-corrected chi connectivity index (χ3v) is 2.19. The molecule has 0 bridgehead atoms. The standard InChI is InChI=1S/2CH2O3.Pb.Zn/c2*2-1(3)4;;/h2*(H2,2,3,4);;/q;;2*+2/p-4. The Kier molecular flexibility index (Phi) is 9.16. The first-order valence-corrected chi connectivity index (χ1v) is 4.81. The monoisotopic (exact) mass is 392 g/mol. The third kappa shape index (κ3) is 11.0. The molecule has 0 N–H and O–H groups in total. The average molecular weight is 393 g/mol. The molecule has 6 nitrogen and oxygen atoms in total. The maximum atomic E-state index is 9.50. The Bertz CT molecular complexity index is 115. The van der Waals surface area contributed by atoms with Gasteiger partial charge in [-0.25, -0.2) is 0 Å². The Labute approximate surface area is 81.8 Å². The molecule has 1 saturated heterocycles. The predicted octanol–water partition coefficient (Wildman–Crippen LogP) is -2.76. The summed E-state index contributed by atoms with van der Waals surface area (Å²) in [4.78, 5) is 17.8. The Balaban J connectivity index is 0. The van der Waals surface area contributed by atoms with E-state index in [1.807, 2.05) is 0 Å². The van der Waals surface area contributed by atoms with Gasteiger partial charge in [0.05, 0.1) is 0 Å². The van der Waals surface area contributed by atoms with Crippen LogP contribution in [0.15, 0.2) is 0 Å². The van der Waals surface area contributed by atoms with Crippen LogP contribution in [-0.2, 0) is 24.9 Å². The molecule has 1 aliphatic heterocycles. The third-order valence-electron chi connectivity index (χ3n) is 0.250. The number of carboxylic acid groups (broad SMARTS) is 2. The van der Waals surface area contributed by atoms with Crippen LogP contribution in [0.1, 0.15) is 0 Å². The summed E-state index contributed by atoms with van der Waals surface area (Å²) in [5.41, 5.74) is 0. The van der Waals surface area contributed by atoms with Crippen LogP contribution in [0.5, 0.6) is 0 Å². The van der Waals surface area contributed by atoms with E-state index in [0.29, 0.717) is 0 Å². The Morgan fingerprint density at radius 1 is 1.40 bits per heavy atom. The second-order valence-corrected chi connectivity index (χ2v) is 3.02. The van der Waals surface area contributed by atoms with Gasteiger partial charge in [-0.15, -0.1) is 0 Å². The minimum absolute atomic E-state index is 0. The van der Waals surface area contributed by atoms with Gasteiger partial charge in [-0.3, -0.25) is 0 Å². The van der Waals surface area contributed by atoms with Crippen LogP contribution < -0.4 is 10.2 Å². The maximum absolute atomic E-state index is 9.50. The minimum atomic E-state index is -2.33. The molecule has 0 aromatic carbocycles. The van der Waals surface area contributed by atoms with Crippen molar-refractivity contribution in [1.82, 2.24) is 0 Å². The second-order valence-electron chi connectivity index (χ2n) is 0.787. The van der Waals surface area contributed by atoms with E-state index >= 15 is 0 Å². The zero-order chi connectivity index (χ0) is 7.28. The Hall–Kier alpha value is 0.0855. The summed E-state index contributed by atoms with van der Waals surface area (Å²) in [7, 11) is 0. The summed E-state index contributed by atoms with van der Waals surface area (Å²) >= 11 is -1.16. The molecule has 8 heteroatoms. The van der Waals surface area contributed by atoms with Crippen molar-refractivity contribution in [3.05, 3.63) is 0 Å². The molecule has 0 aromatic rings. The molecule has 1 heterocycles. The molecular formula is C2O6PbZn. The van der Waals surface area contributed by atoms with Gasteiger partial charge in [-0.2, -0.15) is 0 Å². The summed E-state index contributed by atoms with van der Waals surface area (Å²) in [6.45, 7) is 0.